The lowest BCUT2D eigenvalue weighted by Gasteiger charge is -2.13. The van der Waals surface area contributed by atoms with Gasteiger partial charge in [-0.15, -0.1) is 0 Å². The van der Waals surface area contributed by atoms with Crippen LogP contribution >= 0.6 is 0 Å². The Hall–Kier alpha value is -0.730. The van der Waals surface area contributed by atoms with E-state index >= 15 is 0 Å². The van der Waals surface area contributed by atoms with E-state index in [9.17, 15) is 4.79 Å². The summed E-state index contributed by atoms with van der Waals surface area (Å²) in [6.45, 7) is 11.0. The quantitative estimate of drug-likeness (QED) is 0.674. The van der Waals surface area contributed by atoms with Gasteiger partial charge in [-0.3, -0.25) is 0 Å². The molecule has 1 unspecified atom stereocenters. The molecule has 1 rings (SSSR count). The van der Waals surface area contributed by atoms with Gasteiger partial charge in [-0.2, -0.15) is 0 Å². The summed E-state index contributed by atoms with van der Waals surface area (Å²) in [6, 6.07) is -0.256. The molecule has 76 valence electrons. The van der Waals surface area contributed by atoms with Crippen LogP contribution < -0.4 is 11.1 Å². The highest BCUT2D eigenvalue weighted by molar-refractivity contribution is 5.72. The van der Waals surface area contributed by atoms with Crippen LogP contribution in [0, 0.1) is 16.7 Å². The maximum Gasteiger partial charge on any atom is 0.312 e. The molecule has 1 saturated carbocycles. The van der Waals surface area contributed by atoms with Crippen molar-refractivity contribution in [2.24, 2.45) is 22.5 Å². The van der Waals surface area contributed by atoms with Gasteiger partial charge in [0.25, 0.3) is 0 Å². The van der Waals surface area contributed by atoms with E-state index in [-0.39, 0.29) is 6.04 Å². The average molecular weight is 184 g/mol. The average Bonchev–Trinajstić information content (AvgIpc) is 2.20. The Morgan fingerprint density at radius 1 is 1.31 bits per heavy atom. The maximum atomic E-state index is 10.7. The molecule has 0 spiro atoms. The first-order chi connectivity index (χ1) is 5.71. The first-order valence-electron chi connectivity index (χ1n) is 4.77. The van der Waals surface area contributed by atoms with Crippen molar-refractivity contribution >= 4 is 6.03 Å². The Morgan fingerprint density at radius 2 is 1.69 bits per heavy atom. The molecule has 1 aliphatic carbocycles. The van der Waals surface area contributed by atoms with Crippen LogP contribution in [0.1, 0.15) is 34.6 Å². The molecule has 0 radical (unpaired) electrons. The number of hydrogen-bond acceptors (Lipinski definition) is 1. The van der Waals surface area contributed by atoms with Crippen LogP contribution in [0.3, 0.4) is 0 Å². The monoisotopic (exact) mass is 184 g/mol. The van der Waals surface area contributed by atoms with E-state index in [0.29, 0.717) is 16.7 Å². The van der Waals surface area contributed by atoms with Gasteiger partial charge in [0, 0.05) is 6.04 Å². The van der Waals surface area contributed by atoms with Gasteiger partial charge in [-0.1, -0.05) is 27.7 Å². The van der Waals surface area contributed by atoms with Crippen LogP contribution in [-0.2, 0) is 0 Å². The third kappa shape index (κ3) is 1.40. The minimum atomic E-state index is -0.425. The molecule has 1 fully saturated rings. The summed E-state index contributed by atoms with van der Waals surface area (Å²) in [5, 5.41) is 2.75. The Kier molecular flexibility index (Phi) is 2.09. The Labute approximate surface area is 80.1 Å². The van der Waals surface area contributed by atoms with Crippen molar-refractivity contribution in [2.75, 3.05) is 0 Å². The lowest BCUT2D eigenvalue weighted by molar-refractivity contribution is 0.243. The van der Waals surface area contributed by atoms with Crippen molar-refractivity contribution in [3.8, 4) is 0 Å². The predicted molar refractivity (Wildman–Crippen MR) is 53.2 cm³/mol. The zero-order chi connectivity index (χ0) is 10.4. The van der Waals surface area contributed by atoms with E-state index in [0.717, 1.165) is 0 Å². The summed E-state index contributed by atoms with van der Waals surface area (Å²) in [4.78, 5) is 10.7. The van der Waals surface area contributed by atoms with E-state index in [1.165, 1.54) is 0 Å². The van der Waals surface area contributed by atoms with Gasteiger partial charge in [0.05, 0.1) is 0 Å². The minimum absolute atomic E-state index is 0.169. The zero-order valence-corrected chi connectivity index (χ0v) is 9.14. The largest absolute Gasteiger partial charge is 0.352 e. The minimum Gasteiger partial charge on any atom is -0.352 e. The Morgan fingerprint density at radius 3 is 1.92 bits per heavy atom. The normalized spacial score (nSPS) is 26.5. The molecule has 0 aromatic heterocycles. The van der Waals surface area contributed by atoms with E-state index in [1.807, 2.05) is 6.92 Å². The summed E-state index contributed by atoms with van der Waals surface area (Å²) < 4.78 is 0. The van der Waals surface area contributed by atoms with Crippen molar-refractivity contribution in [3.63, 3.8) is 0 Å². The number of nitrogens with one attached hydrogen (secondary N) is 1. The fourth-order valence-electron chi connectivity index (χ4n) is 2.81. The highest BCUT2D eigenvalue weighted by atomic mass is 16.2. The molecule has 2 amide bonds. The van der Waals surface area contributed by atoms with Crippen LogP contribution in [-0.4, -0.2) is 12.1 Å². The Bertz CT molecular complexity index is 219. The molecule has 3 nitrogen and oxygen atoms in total. The maximum absolute atomic E-state index is 10.7. The second kappa shape index (κ2) is 2.63. The molecule has 0 bridgehead atoms. The fraction of sp³-hybridized carbons (Fsp3) is 0.900. The van der Waals surface area contributed by atoms with Crippen LogP contribution in [0.4, 0.5) is 4.79 Å². The summed E-state index contributed by atoms with van der Waals surface area (Å²) in [5.41, 5.74) is 5.69. The highest BCUT2D eigenvalue weighted by Crippen LogP contribution is 2.69. The van der Waals surface area contributed by atoms with Gasteiger partial charge in [0.15, 0.2) is 0 Å². The number of urea groups is 1. The van der Waals surface area contributed by atoms with Gasteiger partial charge < -0.3 is 11.1 Å². The van der Waals surface area contributed by atoms with Gasteiger partial charge in [-0.05, 0) is 23.7 Å². The van der Waals surface area contributed by atoms with E-state index < -0.39 is 6.03 Å². The lowest BCUT2D eigenvalue weighted by Crippen LogP contribution is -2.39. The van der Waals surface area contributed by atoms with E-state index in [2.05, 4.69) is 33.0 Å². The number of carbonyl (C=O) groups excluding carboxylic acids is 1. The lowest BCUT2D eigenvalue weighted by atomic mass is 10.0. The molecular formula is C10H20N2O. The standard InChI is InChI=1S/C10H20N2O/c1-6(12-8(11)13)7-9(2,3)10(7,4)5/h6-7H,1-5H3,(H3,11,12,13). The summed E-state index contributed by atoms with van der Waals surface area (Å²) in [5.74, 6) is 0.521. The summed E-state index contributed by atoms with van der Waals surface area (Å²) in [7, 11) is 0. The zero-order valence-electron chi connectivity index (χ0n) is 9.14. The fourth-order valence-corrected chi connectivity index (χ4v) is 2.81. The van der Waals surface area contributed by atoms with Crippen LogP contribution in [0.15, 0.2) is 0 Å². The summed E-state index contributed by atoms with van der Waals surface area (Å²) >= 11 is 0. The van der Waals surface area contributed by atoms with Gasteiger partial charge >= 0.3 is 6.03 Å². The van der Waals surface area contributed by atoms with Crippen molar-refractivity contribution < 1.29 is 4.79 Å². The van der Waals surface area contributed by atoms with E-state index in [4.69, 9.17) is 5.73 Å². The molecular weight excluding hydrogens is 164 g/mol. The van der Waals surface area contributed by atoms with Crippen LogP contribution in [0.5, 0.6) is 0 Å². The molecule has 0 aliphatic heterocycles. The first-order valence-corrected chi connectivity index (χ1v) is 4.77. The van der Waals surface area contributed by atoms with Crippen molar-refractivity contribution in [2.45, 2.75) is 40.7 Å². The number of rotatable bonds is 2. The van der Waals surface area contributed by atoms with Crippen LogP contribution in [0.25, 0.3) is 0 Å². The summed E-state index contributed by atoms with van der Waals surface area (Å²) in [6.07, 6.45) is 0. The van der Waals surface area contributed by atoms with E-state index in [1.54, 1.807) is 0 Å². The number of carbonyl (C=O) groups is 1. The van der Waals surface area contributed by atoms with Crippen molar-refractivity contribution in [1.29, 1.82) is 0 Å². The first kappa shape index (κ1) is 10.4. The SMILES string of the molecule is CC(NC(N)=O)C1C(C)(C)C1(C)C. The second-order valence-electron chi connectivity index (χ2n) is 5.22. The van der Waals surface area contributed by atoms with Gasteiger partial charge in [-0.25, -0.2) is 4.79 Å². The second-order valence-corrected chi connectivity index (χ2v) is 5.22. The van der Waals surface area contributed by atoms with Gasteiger partial charge in [0.2, 0.25) is 0 Å². The molecule has 1 atom stereocenters. The number of nitrogens with two attached hydrogens (primary N) is 1. The van der Waals surface area contributed by atoms with Crippen molar-refractivity contribution in [1.82, 2.24) is 5.32 Å². The smallest absolute Gasteiger partial charge is 0.312 e. The third-order valence-electron chi connectivity index (χ3n) is 4.00. The molecule has 1 aliphatic rings. The number of hydrogen-bond donors (Lipinski definition) is 2. The highest BCUT2D eigenvalue weighted by Gasteiger charge is 2.66. The molecule has 0 aromatic rings. The topological polar surface area (TPSA) is 55.1 Å². The number of primary amides is 1. The molecule has 3 N–H and O–H groups in total. The van der Waals surface area contributed by atoms with Crippen molar-refractivity contribution in [3.05, 3.63) is 0 Å². The molecule has 3 heteroatoms. The third-order valence-corrected chi connectivity index (χ3v) is 4.00. The molecule has 0 saturated heterocycles. The molecule has 13 heavy (non-hydrogen) atoms. The molecule has 0 aromatic carbocycles. The Balaban J connectivity index is 2.62. The molecule has 0 heterocycles. The number of amides is 2. The predicted octanol–water partition coefficient (Wildman–Crippen LogP) is 1.73. The van der Waals surface area contributed by atoms with Crippen LogP contribution in [0.2, 0.25) is 0 Å². The van der Waals surface area contributed by atoms with Gasteiger partial charge in [0.1, 0.15) is 0 Å².